The number of hydrogen-bond donors (Lipinski definition) is 2. The molecule has 1 aromatic carbocycles. The summed E-state index contributed by atoms with van der Waals surface area (Å²) in [4.78, 5) is 11.6. The number of halogens is 3. The maximum atomic E-state index is 12.8. The van der Waals surface area contributed by atoms with Crippen LogP contribution in [0, 0.1) is 0 Å². The molecule has 1 atom stereocenters. The number of carboxylic acid groups (broad SMARTS) is 1. The topological polar surface area (TPSA) is 57.5 Å². The molecule has 2 N–H and O–H groups in total. The fourth-order valence-electron chi connectivity index (χ4n) is 1.94. The molecular weight excluding hydrogens is 293 g/mol. The first-order chi connectivity index (χ1) is 9.25. The summed E-state index contributed by atoms with van der Waals surface area (Å²) < 4.78 is 38.5. The van der Waals surface area contributed by atoms with Crippen LogP contribution in [0.25, 0.3) is 5.57 Å². The van der Waals surface area contributed by atoms with Crippen molar-refractivity contribution < 1.29 is 28.2 Å². The van der Waals surface area contributed by atoms with Crippen LogP contribution in [-0.2, 0) is 4.79 Å². The van der Waals surface area contributed by atoms with Crippen LogP contribution < -0.4 is 0 Å². The Morgan fingerprint density at radius 2 is 1.95 bits per heavy atom. The fourth-order valence-corrected chi connectivity index (χ4v) is 2.93. The van der Waals surface area contributed by atoms with Gasteiger partial charge in [0, 0.05) is 17.1 Å². The Balaban J connectivity index is 2.38. The first kappa shape index (κ1) is 14.9. The van der Waals surface area contributed by atoms with Gasteiger partial charge in [-0.05, 0) is 17.2 Å². The van der Waals surface area contributed by atoms with Crippen LogP contribution in [-0.4, -0.2) is 33.7 Å². The largest absolute Gasteiger partial charge is 0.479 e. The van der Waals surface area contributed by atoms with E-state index >= 15 is 0 Å². The molecule has 1 unspecified atom stereocenters. The summed E-state index contributed by atoms with van der Waals surface area (Å²) in [6.45, 7) is 0. The van der Waals surface area contributed by atoms with E-state index in [0.717, 1.165) is 4.90 Å². The van der Waals surface area contributed by atoms with Gasteiger partial charge in [0.25, 0.3) is 5.60 Å². The van der Waals surface area contributed by atoms with Gasteiger partial charge in [0.15, 0.2) is 0 Å². The number of carbonyl (C=O) groups is 1. The minimum Gasteiger partial charge on any atom is -0.479 e. The summed E-state index contributed by atoms with van der Waals surface area (Å²) >= 11 is 1.45. The van der Waals surface area contributed by atoms with Gasteiger partial charge in [0.05, 0.1) is 0 Å². The molecule has 0 spiro atoms. The Bertz CT molecular complexity index is 568. The molecule has 0 aliphatic carbocycles. The zero-order valence-corrected chi connectivity index (χ0v) is 11.0. The number of thioether (sulfide) groups is 1. The van der Waals surface area contributed by atoms with Crippen LogP contribution >= 0.6 is 11.8 Å². The van der Waals surface area contributed by atoms with Gasteiger partial charge in [0.1, 0.15) is 0 Å². The van der Waals surface area contributed by atoms with E-state index in [1.807, 2.05) is 0 Å². The summed E-state index contributed by atoms with van der Waals surface area (Å²) in [6.07, 6.45) is -4.71. The molecule has 0 radical (unpaired) electrons. The van der Waals surface area contributed by atoms with E-state index in [9.17, 15) is 23.1 Å². The van der Waals surface area contributed by atoms with Gasteiger partial charge < -0.3 is 10.2 Å². The molecule has 0 aromatic heterocycles. The van der Waals surface area contributed by atoms with Crippen LogP contribution in [0.5, 0.6) is 0 Å². The molecule has 1 aliphatic heterocycles. The van der Waals surface area contributed by atoms with Gasteiger partial charge in [-0.1, -0.05) is 24.3 Å². The summed E-state index contributed by atoms with van der Waals surface area (Å²) in [7, 11) is 0. The molecule has 20 heavy (non-hydrogen) atoms. The molecule has 0 fully saturated rings. The highest BCUT2D eigenvalue weighted by Crippen LogP contribution is 2.42. The molecule has 0 saturated heterocycles. The highest BCUT2D eigenvalue weighted by Gasteiger charge is 2.60. The summed E-state index contributed by atoms with van der Waals surface area (Å²) in [5.74, 6) is -1.85. The third-order valence-electron chi connectivity index (χ3n) is 3.07. The van der Waals surface area contributed by atoms with Crippen LogP contribution in [0.15, 0.2) is 35.2 Å². The van der Waals surface area contributed by atoms with Crippen molar-refractivity contribution in [2.24, 2.45) is 0 Å². The van der Waals surface area contributed by atoms with Gasteiger partial charge in [-0.25, -0.2) is 4.79 Å². The van der Waals surface area contributed by atoms with Crippen molar-refractivity contribution >= 4 is 23.3 Å². The second-order valence-electron chi connectivity index (χ2n) is 4.38. The van der Waals surface area contributed by atoms with Crippen LogP contribution in [0.4, 0.5) is 13.2 Å². The normalized spacial score (nSPS) is 17.9. The molecule has 108 valence electrons. The lowest BCUT2D eigenvalue weighted by atomic mass is 9.89. The van der Waals surface area contributed by atoms with Gasteiger partial charge in [-0.3, -0.25) is 0 Å². The Labute approximate surface area is 117 Å². The van der Waals surface area contributed by atoms with Crippen LogP contribution in [0.2, 0.25) is 0 Å². The lowest BCUT2D eigenvalue weighted by Gasteiger charge is -2.28. The van der Waals surface area contributed by atoms with Gasteiger partial charge in [-0.15, -0.1) is 11.8 Å². The van der Waals surface area contributed by atoms with Crippen molar-refractivity contribution in [1.29, 1.82) is 0 Å². The van der Waals surface area contributed by atoms with Crippen molar-refractivity contribution in [2.45, 2.75) is 23.1 Å². The van der Waals surface area contributed by atoms with E-state index < -0.39 is 24.2 Å². The maximum absolute atomic E-state index is 12.8. The van der Waals surface area contributed by atoms with Gasteiger partial charge in [0.2, 0.25) is 0 Å². The number of aliphatic hydroxyl groups is 1. The first-order valence-corrected chi connectivity index (χ1v) is 6.68. The summed E-state index contributed by atoms with van der Waals surface area (Å²) in [5.41, 5.74) is -3.04. The Morgan fingerprint density at radius 1 is 1.30 bits per heavy atom. The summed E-state index contributed by atoms with van der Waals surface area (Å²) in [6, 6.07) is 6.78. The maximum Gasteiger partial charge on any atom is 0.428 e. The van der Waals surface area contributed by atoms with Crippen molar-refractivity contribution in [3.63, 3.8) is 0 Å². The smallest absolute Gasteiger partial charge is 0.428 e. The van der Waals surface area contributed by atoms with Crippen molar-refractivity contribution in [2.75, 3.05) is 5.75 Å². The molecule has 7 heteroatoms. The van der Waals surface area contributed by atoms with Gasteiger partial charge in [-0.2, -0.15) is 13.2 Å². The minimum absolute atomic E-state index is 0.196. The molecule has 1 aliphatic rings. The highest BCUT2D eigenvalue weighted by molar-refractivity contribution is 7.99. The third kappa shape index (κ3) is 2.55. The Morgan fingerprint density at radius 3 is 2.55 bits per heavy atom. The van der Waals surface area contributed by atoms with E-state index in [1.165, 1.54) is 17.8 Å². The Kier molecular flexibility index (Phi) is 3.84. The average molecular weight is 304 g/mol. The van der Waals surface area contributed by atoms with Crippen LogP contribution in [0.3, 0.4) is 0 Å². The standard InChI is InChI=1S/C13H11F3O3S/c14-13(15,16)12(19,11(17)18)7-8-5-6-20-10-4-2-1-3-9(8)10/h1-5,19H,6-7H2,(H,17,18). The van der Waals surface area contributed by atoms with E-state index in [4.69, 9.17) is 5.11 Å². The third-order valence-corrected chi connectivity index (χ3v) is 4.07. The van der Waals surface area contributed by atoms with Crippen LogP contribution in [0.1, 0.15) is 12.0 Å². The van der Waals surface area contributed by atoms with Gasteiger partial charge >= 0.3 is 12.1 Å². The highest BCUT2D eigenvalue weighted by atomic mass is 32.2. The monoisotopic (exact) mass is 304 g/mol. The molecule has 3 nitrogen and oxygen atoms in total. The molecule has 0 saturated carbocycles. The predicted molar refractivity (Wildman–Crippen MR) is 68.4 cm³/mol. The number of carboxylic acids is 1. The van der Waals surface area contributed by atoms with E-state index in [-0.39, 0.29) is 5.57 Å². The molecule has 0 amide bonds. The second-order valence-corrected chi connectivity index (χ2v) is 5.44. The number of hydrogen-bond acceptors (Lipinski definition) is 3. The number of alkyl halides is 3. The van der Waals surface area contributed by atoms with E-state index in [1.54, 1.807) is 24.3 Å². The average Bonchev–Trinajstić information content (AvgIpc) is 2.37. The van der Waals surface area contributed by atoms with Crippen molar-refractivity contribution in [3.05, 3.63) is 35.9 Å². The number of aliphatic carboxylic acids is 1. The fraction of sp³-hybridized carbons (Fsp3) is 0.308. The lowest BCUT2D eigenvalue weighted by Crippen LogP contribution is -2.52. The van der Waals surface area contributed by atoms with E-state index in [2.05, 4.69) is 0 Å². The zero-order chi connectivity index (χ0) is 15.0. The van der Waals surface area contributed by atoms with Crippen molar-refractivity contribution in [3.8, 4) is 0 Å². The SMILES string of the molecule is O=C(O)C(O)(CC1=CCSc2ccccc21)C(F)(F)F. The second kappa shape index (κ2) is 5.14. The Hall–Kier alpha value is -1.47. The molecule has 1 aromatic rings. The molecule has 2 rings (SSSR count). The molecular formula is C13H11F3O3S. The molecule has 1 heterocycles. The predicted octanol–water partition coefficient (Wildman–Crippen LogP) is 2.94. The number of benzene rings is 1. The molecule has 0 bridgehead atoms. The first-order valence-electron chi connectivity index (χ1n) is 5.69. The number of fused-ring (bicyclic) bond motifs is 1. The summed E-state index contributed by atoms with van der Waals surface area (Å²) in [5, 5.41) is 18.3. The quantitative estimate of drug-likeness (QED) is 0.901. The minimum atomic E-state index is -5.24. The number of rotatable bonds is 3. The van der Waals surface area contributed by atoms with E-state index in [0.29, 0.717) is 11.3 Å². The van der Waals surface area contributed by atoms with Crippen molar-refractivity contribution in [1.82, 2.24) is 0 Å². The zero-order valence-electron chi connectivity index (χ0n) is 10.1. The lowest BCUT2D eigenvalue weighted by molar-refractivity contribution is -0.258.